The Balaban J connectivity index is 2.67. The molecular weight excluding hydrogens is 372 g/mol. The lowest BCUT2D eigenvalue weighted by Crippen LogP contribution is -2.25. The number of aromatic nitrogens is 2. The monoisotopic (exact) mass is 392 g/mol. The number of halogens is 1. The zero-order valence-corrected chi connectivity index (χ0v) is 15.6. The summed E-state index contributed by atoms with van der Waals surface area (Å²) >= 11 is 3.46. The summed E-state index contributed by atoms with van der Waals surface area (Å²) in [6, 6.07) is 5.61. The second kappa shape index (κ2) is 8.10. The van der Waals surface area contributed by atoms with Gasteiger partial charge in [-0.1, -0.05) is 22.9 Å². The number of carbonyl (C=O) groups is 1. The van der Waals surface area contributed by atoms with Crippen molar-refractivity contribution in [2.24, 2.45) is 0 Å². The fraction of sp³-hybridized carbons (Fsp3) is 0.353. The molecule has 0 spiro atoms. The number of nitrogens with two attached hydrogens (primary N) is 1. The van der Waals surface area contributed by atoms with Gasteiger partial charge < -0.3 is 15.8 Å². The topological polar surface area (TPSA) is 90.1 Å². The molecular formula is C17H21BrN4O2. The third kappa shape index (κ3) is 4.03. The summed E-state index contributed by atoms with van der Waals surface area (Å²) in [5.41, 5.74) is 7.94. The Morgan fingerprint density at radius 2 is 2.08 bits per heavy atom. The van der Waals surface area contributed by atoms with Crippen LogP contribution in [-0.4, -0.2) is 29.0 Å². The zero-order chi connectivity index (χ0) is 17.7. The Morgan fingerprint density at radius 1 is 1.33 bits per heavy atom. The van der Waals surface area contributed by atoms with Gasteiger partial charge in [0.25, 0.3) is 5.91 Å². The van der Waals surface area contributed by atoms with Gasteiger partial charge >= 0.3 is 0 Å². The summed E-state index contributed by atoms with van der Waals surface area (Å²) in [7, 11) is 0. The van der Waals surface area contributed by atoms with Gasteiger partial charge in [-0.15, -0.1) is 0 Å². The number of hydrogen-bond donors (Lipinski definition) is 2. The molecule has 1 aromatic carbocycles. The SMILES string of the molecule is CCCOc1ccc(Br)cc1-c1nc(N)nc(C)c1C(=O)NCC. The molecule has 1 heterocycles. The first-order chi connectivity index (χ1) is 11.5. The maximum atomic E-state index is 12.5. The van der Waals surface area contributed by atoms with Crippen LogP contribution in [0.5, 0.6) is 5.75 Å². The van der Waals surface area contributed by atoms with Crippen LogP contribution in [0.25, 0.3) is 11.3 Å². The van der Waals surface area contributed by atoms with Crippen LogP contribution >= 0.6 is 15.9 Å². The molecule has 0 saturated heterocycles. The minimum atomic E-state index is -0.230. The van der Waals surface area contributed by atoms with Crippen molar-refractivity contribution >= 4 is 27.8 Å². The first-order valence-electron chi connectivity index (χ1n) is 7.82. The molecule has 0 fully saturated rings. The van der Waals surface area contributed by atoms with Crippen LogP contribution < -0.4 is 15.8 Å². The number of ether oxygens (including phenoxy) is 1. The Kier molecular flexibility index (Phi) is 6.14. The van der Waals surface area contributed by atoms with E-state index in [9.17, 15) is 4.79 Å². The summed E-state index contributed by atoms with van der Waals surface area (Å²) in [5.74, 6) is 0.548. The highest BCUT2D eigenvalue weighted by atomic mass is 79.9. The number of carbonyl (C=O) groups excluding carboxylic acids is 1. The fourth-order valence-electron chi connectivity index (χ4n) is 2.34. The summed E-state index contributed by atoms with van der Waals surface area (Å²) in [6.07, 6.45) is 0.879. The first kappa shape index (κ1) is 18.2. The molecule has 7 heteroatoms. The predicted molar refractivity (Wildman–Crippen MR) is 98.1 cm³/mol. The number of benzene rings is 1. The predicted octanol–water partition coefficient (Wildman–Crippen LogP) is 3.34. The largest absolute Gasteiger partial charge is 0.493 e. The van der Waals surface area contributed by atoms with Crippen molar-refractivity contribution < 1.29 is 9.53 Å². The molecule has 0 unspecified atom stereocenters. The van der Waals surface area contributed by atoms with Crippen molar-refractivity contribution in [1.82, 2.24) is 15.3 Å². The average Bonchev–Trinajstić information content (AvgIpc) is 2.53. The molecule has 2 aromatic rings. The number of anilines is 1. The van der Waals surface area contributed by atoms with E-state index in [0.717, 1.165) is 10.9 Å². The molecule has 0 radical (unpaired) electrons. The summed E-state index contributed by atoms with van der Waals surface area (Å²) in [5, 5.41) is 2.80. The number of rotatable bonds is 6. The van der Waals surface area contributed by atoms with Crippen molar-refractivity contribution in [2.45, 2.75) is 27.2 Å². The minimum absolute atomic E-state index is 0.122. The van der Waals surface area contributed by atoms with E-state index in [4.69, 9.17) is 10.5 Å². The van der Waals surface area contributed by atoms with Crippen molar-refractivity contribution in [3.05, 3.63) is 33.9 Å². The maximum absolute atomic E-state index is 12.5. The molecule has 128 valence electrons. The molecule has 2 rings (SSSR count). The second-order valence-electron chi connectivity index (χ2n) is 5.24. The number of nitrogens with one attached hydrogen (secondary N) is 1. The molecule has 0 bridgehead atoms. The molecule has 0 atom stereocenters. The van der Waals surface area contributed by atoms with E-state index < -0.39 is 0 Å². The van der Waals surface area contributed by atoms with Crippen LogP contribution in [0.2, 0.25) is 0 Å². The molecule has 3 N–H and O–H groups in total. The van der Waals surface area contributed by atoms with E-state index in [1.807, 2.05) is 32.0 Å². The molecule has 6 nitrogen and oxygen atoms in total. The third-order valence-electron chi connectivity index (χ3n) is 3.33. The Morgan fingerprint density at radius 3 is 2.75 bits per heavy atom. The quantitative estimate of drug-likeness (QED) is 0.786. The van der Waals surface area contributed by atoms with Gasteiger partial charge in [-0.25, -0.2) is 9.97 Å². The van der Waals surface area contributed by atoms with Gasteiger partial charge in [0.05, 0.1) is 23.6 Å². The molecule has 1 amide bonds. The summed E-state index contributed by atoms with van der Waals surface area (Å²) < 4.78 is 6.68. The van der Waals surface area contributed by atoms with E-state index >= 15 is 0 Å². The van der Waals surface area contributed by atoms with Crippen LogP contribution in [0.4, 0.5) is 5.95 Å². The first-order valence-corrected chi connectivity index (χ1v) is 8.62. The van der Waals surface area contributed by atoms with Gasteiger partial charge in [0, 0.05) is 16.6 Å². The minimum Gasteiger partial charge on any atom is -0.493 e. The maximum Gasteiger partial charge on any atom is 0.255 e. The van der Waals surface area contributed by atoms with E-state index in [-0.39, 0.29) is 11.9 Å². The van der Waals surface area contributed by atoms with Gasteiger partial charge in [-0.05, 0) is 38.5 Å². The highest BCUT2D eigenvalue weighted by Gasteiger charge is 2.21. The lowest BCUT2D eigenvalue weighted by atomic mass is 10.0. The van der Waals surface area contributed by atoms with Gasteiger partial charge in [0.1, 0.15) is 5.75 Å². The lowest BCUT2D eigenvalue weighted by Gasteiger charge is -2.15. The van der Waals surface area contributed by atoms with E-state index in [1.165, 1.54) is 0 Å². The zero-order valence-electron chi connectivity index (χ0n) is 14.0. The van der Waals surface area contributed by atoms with Crippen LogP contribution in [0.3, 0.4) is 0 Å². The molecule has 24 heavy (non-hydrogen) atoms. The highest BCUT2D eigenvalue weighted by molar-refractivity contribution is 9.10. The number of nitrogen functional groups attached to an aromatic ring is 1. The fourth-order valence-corrected chi connectivity index (χ4v) is 2.70. The Bertz CT molecular complexity index is 750. The normalized spacial score (nSPS) is 10.5. The van der Waals surface area contributed by atoms with Crippen molar-refractivity contribution in [1.29, 1.82) is 0 Å². The summed E-state index contributed by atoms with van der Waals surface area (Å²) in [6.45, 7) is 6.73. The highest BCUT2D eigenvalue weighted by Crippen LogP contribution is 2.35. The Labute approximate surface area is 150 Å². The van der Waals surface area contributed by atoms with Crippen LogP contribution in [0.15, 0.2) is 22.7 Å². The van der Waals surface area contributed by atoms with Crippen LogP contribution in [-0.2, 0) is 0 Å². The lowest BCUT2D eigenvalue weighted by molar-refractivity contribution is 0.0955. The van der Waals surface area contributed by atoms with Gasteiger partial charge in [-0.2, -0.15) is 0 Å². The second-order valence-corrected chi connectivity index (χ2v) is 6.15. The average molecular weight is 393 g/mol. The third-order valence-corrected chi connectivity index (χ3v) is 3.82. The van der Waals surface area contributed by atoms with E-state index in [0.29, 0.717) is 41.4 Å². The number of nitrogens with zero attached hydrogens (tertiary/aromatic N) is 2. The van der Waals surface area contributed by atoms with E-state index in [2.05, 4.69) is 31.2 Å². The van der Waals surface area contributed by atoms with E-state index in [1.54, 1.807) is 6.92 Å². The smallest absolute Gasteiger partial charge is 0.255 e. The standard InChI is InChI=1S/C17H21BrN4O2/c1-4-8-24-13-7-6-11(18)9-12(13)15-14(16(23)20-5-2)10(3)21-17(19)22-15/h6-7,9H,4-5,8H2,1-3H3,(H,20,23)(H2,19,21,22). The molecule has 1 aromatic heterocycles. The number of aryl methyl sites for hydroxylation is 1. The van der Waals surface area contributed by atoms with Crippen molar-refractivity contribution in [3.63, 3.8) is 0 Å². The molecule has 0 saturated carbocycles. The summed E-state index contributed by atoms with van der Waals surface area (Å²) in [4.78, 5) is 20.9. The number of hydrogen-bond acceptors (Lipinski definition) is 5. The molecule has 0 aliphatic carbocycles. The van der Waals surface area contributed by atoms with Crippen LogP contribution in [0, 0.1) is 6.92 Å². The molecule has 0 aliphatic heterocycles. The van der Waals surface area contributed by atoms with Crippen molar-refractivity contribution in [3.8, 4) is 17.0 Å². The van der Waals surface area contributed by atoms with Crippen LogP contribution in [0.1, 0.15) is 36.3 Å². The van der Waals surface area contributed by atoms with Gasteiger partial charge in [-0.3, -0.25) is 4.79 Å². The number of amides is 1. The van der Waals surface area contributed by atoms with Gasteiger partial charge in [0.2, 0.25) is 5.95 Å². The Hall–Kier alpha value is -2.15. The van der Waals surface area contributed by atoms with Gasteiger partial charge in [0.15, 0.2) is 0 Å². The molecule has 0 aliphatic rings. The van der Waals surface area contributed by atoms with Crippen molar-refractivity contribution in [2.75, 3.05) is 18.9 Å².